The zero-order chi connectivity index (χ0) is 15.0. The zero-order valence-electron chi connectivity index (χ0n) is 13.4. The van der Waals surface area contributed by atoms with Crippen molar-refractivity contribution in [1.29, 1.82) is 0 Å². The van der Waals surface area contributed by atoms with Gasteiger partial charge in [-0.2, -0.15) is 0 Å². The quantitative estimate of drug-likeness (QED) is 0.862. The molecule has 2 aromatic heterocycles. The van der Waals surface area contributed by atoms with E-state index in [0.717, 1.165) is 45.6 Å². The minimum Gasteiger partial charge on any atom is -0.354 e. The van der Waals surface area contributed by atoms with Crippen molar-refractivity contribution >= 4 is 68.1 Å². The molecule has 130 valence electrons. The van der Waals surface area contributed by atoms with E-state index in [2.05, 4.69) is 10.3 Å². The van der Waals surface area contributed by atoms with E-state index in [1.165, 1.54) is 11.3 Å². The Morgan fingerprint density at radius 3 is 2.78 bits per heavy atom. The molecule has 2 aromatic rings. The summed E-state index contributed by atoms with van der Waals surface area (Å²) in [7, 11) is 5.94. The first-order valence-electron chi connectivity index (χ1n) is 7.10. The third-order valence-electron chi connectivity index (χ3n) is 3.74. The van der Waals surface area contributed by atoms with Crippen molar-refractivity contribution in [1.82, 2.24) is 15.2 Å². The summed E-state index contributed by atoms with van der Waals surface area (Å²) in [6, 6.07) is 2.00. The second-order valence-corrected chi connectivity index (χ2v) is 7.67. The normalized spacial score (nSPS) is 17.0. The van der Waals surface area contributed by atoms with E-state index < -0.39 is 0 Å². The summed E-state index contributed by atoms with van der Waals surface area (Å²) in [5.74, 6) is 0.744. The molecule has 1 aliphatic rings. The summed E-state index contributed by atoms with van der Waals surface area (Å²) in [4.78, 5) is 22.9. The van der Waals surface area contributed by atoms with Crippen LogP contribution < -0.4 is 10.2 Å². The van der Waals surface area contributed by atoms with Gasteiger partial charge >= 0.3 is 0 Å². The van der Waals surface area contributed by atoms with E-state index in [0.29, 0.717) is 5.92 Å². The van der Waals surface area contributed by atoms with Crippen LogP contribution in [0.3, 0.4) is 0 Å². The first kappa shape index (κ1) is 20.4. The Hall–Kier alpha value is -0.600. The van der Waals surface area contributed by atoms with Crippen LogP contribution in [-0.2, 0) is 0 Å². The summed E-state index contributed by atoms with van der Waals surface area (Å²) < 4.78 is 1.11. The van der Waals surface area contributed by atoms with Gasteiger partial charge in [-0.25, -0.2) is 4.98 Å². The van der Waals surface area contributed by atoms with Gasteiger partial charge in [-0.05, 0) is 32.0 Å². The van der Waals surface area contributed by atoms with Gasteiger partial charge in [-0.1, -0.05) is 11.3 Å². The number of nitrogens with zero attached hydrogens (tertiary/aromatic N) is 3. The number of hydrogen-bond donors (Lipinski definition) is 1. The van der Waals surface area contributed by atoms with E-state index in [4.69, 9.17) is 0 Å². The number of anilines is 1. The van der Waals surface area contributed by atoms with E-state index in [1.807, 2.05) is 37.0 Å². The fourth-order valence-electron chi connectivity index (χ4n) is 2.65. The first-order valence-corrected chi connectivity index (χ1v) is 8.73. The molecule has 0 saturated carbocycles. The van der Waals surface area contributed by atoms with Crippen LogP contribution in [0.5, 0.6) is 0 Å². The summed E-state index contributed by atoms with van der Waals surface area (Å²) in [5, 5.41) is 4.19. The molecular weight excluding hydrogens is 375 g/mol. The van der Waals surface area contributed by atoms with Crippen molar-refractivity contribution in [2.45, 2.75) is 6.42 Å². The highest BCUT2D eigenvalue weighted by atomic mass is 35.5. The monoisotopic (exact) mass is 396 g/mol. The molecule has 1 atom stereocenters. The maximum absolute atomic E-state index is 12.6. The van der Waals surface area contributed by atoms with Crippen molar-refractivity contribution in [2.24, 2.45) is 5.92 Å². The van der Waals surface area contributed by atoms with Gasteiger partial charge in [0.05, 0.1) is 9.58 Å². The standard InChI is InChI=1S/C14H20N4OS2.2ClH/c1-15-7-9-4-5-18(8-9)13(19)11-6-10-12(20-11)16-14(21-10)17(2)3;;/h6,9,15H,4-5,7-8H2,1-3H3;2*1H. The summed E-state index contributed by atoms with van der Waals surface area (Å²) >= 11 is 3.15. The number of aromatic nitrogens is 1. The van der Waals surface area contributed by atoms with Gasteiger partial charge in [0.15, 0.2) is 5.13 Å². The topological polar surface area (TPSA) is 48.5 Å². The second-order valence-electron chi connectivity index (χ2n) is 5.63. The lowest BCUT2D eigenvalue weighted by Crippen LogP contribution is -2.29. The Bertz CT molecular complexity index is 627. The van der Waals surface area contributed by atoms with Crippen LogP contribution >= 0.6 is 47.5 Å². The van der Waals surface area contributed by atoms with Gasteiger partial charge in [0.25, 0.3) is 5.91 Å². The number of amides is 1. The van der Waals surface area contributed by atoms with Crippen LogP contribution in [0.2, 0.25) is 0 Å². The first-order chi connectivity index (χ1) is 10.1. The molecule has 0 aromatic carbocycles. The van der Waals surface area contributed by atoms with Crippen molar-refractivity contribution in [2.75, 3.05) is 45.7 Å². The second kappa shape index (κ2) is 8.48. The average Bonchev–Trinajstić information content (AvgIpc) is 3.11. The van der Waals surface area contributed by atoms with Crippen LogP contribution in [0.25, 0.3) is 9.53 Å². The fraction of sp³-hybridized carbons (Fsp3) is 0.571. The zero-order valence-corrected chi connectivity index (χ0v) is 16.6. The minimum atomic E-state index is 0. The van der Waals surface area contributed by atoms with Gasteiger partial charge in [-0.15, -0.1) is 36.2 Å². The van der Waals surface area contributed by atoms with Gasteiger partial charge < -0.3 is 15.1 Å². The van der Waals surface area contributed by atoms with E-state index in [9.17, 15) is 4.79 Å². The Labute approximate surface area is 156 Å². The number of carbonyl (C=O) groups excluding carboxylic acids is 1. The maximum atomic E-state index is 12.6. The van der Waals surface area contributed by atoms with Gasteiger partial charge in [-0.3, -0.25) is 4.79 Å². The molecule has 3 rings (SSSR count). The Morgan fingerprint density at radius 2 is 2.17 bits per heavy atom. The summed E-state index contributed by atoms with van der Waals surface area (Å²) in [5.41, 5.74) is 0. The number of fused-ring (bicyclic) bond motifs is 1. The third-order valence-corrected chi connectivity index (χ3v) is 6.05. The van der Waals surface area contributed by atoms with Crippen molar-refractivity contribution < 1.29 is 4.79 Å². The number of thiophene rings is 1. The van der Waals surface area contributed by atoms with Crippen LogP contribution in [-0.4, -0.2) is 56.6 Å². The summed E-state index contributed by atoms with van der Waals surface area (Å²) in [6.07, 6.45) is 1.09. The Kier molecular flexibility index (Phi) is 7.54. The predicted octanol–water partition coefficient (Wildman–Crippen LogP) is 2.95. The molecule has 1 aliphatic heterocycles. The molecule has 9 heteroatoms. The summed E-state index contributed by atoms with van der Waals surface area (Å²) in [6.45, 7) is 2.71. The average molecular weight is 397 g/mol. The molecule has 0 bridgehead atoms. The number of likely N-dealkylation sites (tertiary alicyclic amines) is 1. The van der Waals surface area contributed by atoms with Crippen molar-refractivity contribution in [3.63, 3.8) is 0 Å². The van der Waals surface area contributed by atoms with Crippen LogP contribution in [0, 0.1) is 5.92 Å². The van der Waals surface area contributed by atoms with E-state index in [-0.39, 0.29) is 30.7 Å². The highest BCUT2D eigenvalue weighted by molar-refractivity contribution is 7.29. The van der Waals surface area contributed by atoms with Gasteiger partial charge in [0, 0.05) is 27.2 Å². The van der Waals surface area contributed by atoms with Crippen LogP contribution in [0.1, 0.15) is 16.1 Å². The molecule has 0 spiro atoms. The molecule has 3 heterocycles. The lowest BCUT2D eigenvalue weighted by molar-refractivity contribution is 0.0792. The molecular formula is C14H22Cl2N4OS2. The Morgan fingerprint density at radius 1 is 1.43 bits per heavy atom. The lowest BCUT2D eigenvalue weighted by atomic mass is 10.1. The third kappa shape index (κ3) is 4.28. The lowest BCUT2D eigenvalue weighted by Gasteiger charge is -2.15. The highest BCUT2D eigenvalue weighted by Gasteiger charge is 2.27. The fourth-order valence-corrected chi connectivity index (χ4v) is 4.75. The number of thiazole rings is 1. The van der Waals surface area contributed by atoms with Crippen molar-refractivity contribution in [3.8, 4) is 0 Å². The number of carbonyl (C=O) groups is 1. The van der Waals surface area contributed by atoms with E-state index >= 15 is 0 Å². The number of hydrogen-bond acceptors (Lipinski definition) is 6. The number of rotatable bonds is 4. The smallest absolute Gasteiger partial charge is 0.264 e. The molecule has 1 saturated heterocycles. The predicted molar refractivity (Wildman–Crippen MR) is 104 cm³/mol. The number of halogens is 2. The Balaban J connectivity index is 0.00000132. The molecule has 1 unspecified atom stereocenters. The van der Waals surface area contributed by atoms with Gasteiger partial charge in [0.2, 0.25) is 0 Å². The molecule has 1 fully saturated rings. The van der Waals surface area contributed by atoms with Gasteiger partial charge in [0.1, 0.15) is 4.83 Å². The minimum absolute atomic E-state index is 0. The number of nitrogens with one attached hydrogen (secondary N) is 1. The van der Waals surface area contributed by atoms with Crippen molar-refractivity contribution in [3.05, 3.63) is 10.9 Å². The molecule has 0 aliphatic carbocycles. The molecule has 5 nitrogen and oxygen atoms in total. The molecule has 1 N–H and O–H groups in total. The molecule has 0 radical (unpaired) electrons. The highest BCUT2D eigenvalue weighted by Crippen LogP contribution is 2.34. The molecule has 23 heavy (non-hydrogen) atoms. The SMILES string of the molecule is CNCC1CCN(C(=O)c2cc3sc(N(C)C)nc3s2)C1.Cl.Cl. The van der Waals surface area contributed by atoms with E-state index in [1.54, 1.807) is 11.3 Å². The van der Waals surface area contributed by atoms with Crippen LogP contribution in [0.15, 0.2) is 6.07 Å². The molecule has 1 amide bonds. The largest absolute Gasteiger partial charge is 0.354 e. The maximum Gasteiger partial charge on any atom is 0.264 e. The van der Waals surface area contributed by atoms with Crippen LogP contribution in [0.4, 0.5) is 5.13 Å².